The van der Waals surface area contributed by atoms with Gasteiger partial charge in [0.15, 0.2) is 5.78 Å². The first-order chi connectivity index (χ1) is 18.8. The summed E-state index contributed by atoms with van der Waals surface area (Å²) >= 11 is 0. The molecule has 0 spiro atoms. The summed E-state index contributed by atoms with van der Waals surface area (Å²) in [6, 6.07) is 9.22. The molecule has 8 nitrogen and oxygen atoms in total. The number of carbonyl (C=O) groups excluding carboxylic acids is 1. The molecule has 3 aromatic rings. The Morgan fingerprint density at radius 3 is 2.32 bits per heavy atom. The average Bonchev–Trinajstić information content (AvgIpc) is 3.15. The first kappa shape index (κ1) is 30.8. The number of hydrogen-bond acceptors (Lipinski definition) is 6. The molecule has 1 saturated heterocycles. The van der Waals surface area contributed by atoms with E-state index in [0.29, 0.717) is 36.4 Å². The molecule has 0 saturated carbocycles. The van der Waals surface area contributed by atoms with Crippen LogP contribution in [-0.4, -0.2) is 57.8 Å². The lowest BCUT2D eigenvalue weighted by Gasteiger charge is -2.32. The van der Waals surface area contributed by atoms with Crippen LogP contribution >= 0.6 is 0 Å². The second-order valence-electron chi connectivity index (χ2n) is 11.9. The monoisotopic (exact) mass is 596 g/mol. The highest BCUT2D eigenvalue weighted by Crippen LogP contribution is 2.37. The van der Waals surface area contributed by atoms with Gasteiger partial charge in [-0.2, -0.15) is 8.78 Å². The molecule has 41 heavy (non-hydrogen) atoms. The molecule has 2 aromatic carbocycles. The summed E-state index contributed by atoms with van der Waals surface area (Å²) < 4.78 is 72.2. The smallest absolute Gasteiger partial charge is 0.429 e. The number of benzene rings is 2. The first-order valence-corrected chi connectivity index (χ1v) is 15.2. The predicted molar refractivity (Wildman–Crippen MR) is 150 cm³/mol. The van der Waals surface area contributed by atoms with Crippen molar-refractivity contribution in [2.45, 2.75) is 77.8 Å². The number of halogens is 3. The molecule has 224 valence electrons. The van der Waals surface area contributed by atoms with Crippen molar-refractivity contribution in [1.29, 1.82) is 0 Å². The van der Waals surface area contributed by atoms with Gasteiger partial charge >= 0.3 is 11.8 Å². The SMILES string of the molecule is CC(F)C(F)(F)Oc1cccc(-n2c(=O)n([C@H](C)C(C)(C)O)c3cc(C(=O)CC4(C)CCS(=O)(=O)CC4)ccc32)c1. The van der Waals surface area contributed by atoms with E-state index in [1.807, 2.05) is 6.92 Å². The van der Waals surface area contributed by atoms with E-state index in [9.17, 15) is 36.3 Å². The minimum absolute atomic E-state index is 0.0280. The van der Waals surface area contributed by atoms with Gasteiger partial charge in [0.25, 0.3) is 0 Å². The van der Waals surface area contributed by atoms with E-state index in [0.717, 1.165) is 0 Å². The number of imidazole rings is 1. The maximum Gasteiger partial charge on any atom is 0.429 e. The average molecular weight is 597 g/mol. The van der Waals surface area contributed by atoms with Crippen molar-refractivity contribution in [3.63, 3.8) is 0 Å². The summed E-state index contributed by atoms with van der Waals surface area (Å²) in [5.74, 6) is -0.509. The van der Waals surface area contributed by atoms with Crippen molar-refractivity contribution in [1.82, 2.24) is 9.13 Å². The van der Waals surface area contributed by atoms with Gasteiger partial charge in [-0.3, -0.25) is 13.9 Å². The van der Waals surface area contributed by atoms with Crippen LogP contribution in [0.15, 0.2) is 47.3 Å². The number of sulfone groups is 1. The topological polar surface area (TPSA) is 108 Å². The van der Waals surface area contributed by atoms with Gasteiger partial charge in [0.1, 0.15) is 15.6 Å². The van der Waals surface area contributed by atoms with Crippen LogP contribution < -0.4 is 10.4 Å². The zero-order chi connectivity index (χ0) is 30.5. The second-order valence-corrected chi connectivity index (χ2v) is 14.2. The summed E-state index contributed by atoms with van der Waals surface area (Å²) in [5, 5.41) is 10.8. The molecular formula is C29H35F3N2O6S. The summed E-state index contributed by atoms with van der Waals surface area (Å²) in [7, 11) is -3.10. The number of hydrogen-bond donors (Lipinski definition) is 1. The molecule has 2 heterocycles. The van der Waals surface area contributed by atoms with Gasteiger partial charge in [-0.15, -0.1) is 0 Å². The highest BCUT2D eigenvalue weighted by molar-refractivity contribution is 7.91. The van der Waals surface area contributed by atoms with Crippen molar-refractivity contribution < 1.29 is 36.2 Å². The zero-order valence-electron chi connectivity index (χ0n) is 23.7. The fraction of sp³-hybridized carbons (Fsp3) is 0.517. The van der Waals surface area contributed by atoms with Crippen molar-refractivity contribution >= 4 is 26.7 Å². The number of carbonyl (C=O) groups is 1. The highest BCUT2D eigenvalue weighted by atomic mass is 32.2. The number of alkyl halides is 3. The summed E-state index contributed by atoms with van der Waals surface area (Å²) in [6.07, 6.45) is -5.78. The maximum absolute atomic E-state index is 13.9. The lowest BCUT2D eigenvalue weighted by atomic mass is 9.78. The summed E-state index contributed by atoms with van der Waals surface area (Å²) in [6.45, 7) is 7.29. The van der Waals surface area contributed by atoms with Crippen LogP contribution in [0.4, 0.5) is 13.2 Å². The Kier molecular flexibility index (Phi) is 7.98. The number of rotatable bonds is 9. The third kappa shape index (κ3) is 6.38. The van der Waals surface area contributed by atoms with Crippen molar-refractivity contribution in [2.75, 3.05) is 11.5 Å². The third-order valence-corrected chi connectivity index (χ3v) is 9.67. The molecule has 1 aliphatic rings. The Labute approximate surface area is 236 Å². The summed E-state index contributed by atoms with van der Waals surface area (Å²) in [4.78, 5) is 27.2. The Bertz CT molecular complexity index is 1620. The molecule has 0 aliphatic carbocycles. The number of ketones is 1. The van der Waals surface area contributed by atoms with Gasteiger partial charge in [-0.05, 0) is 76.3 Å². The van der Waals surface area contributed by atoms with E-state index in [1.165, 1.54) is 47.2 Å². The molecule has 1 N–H and O–H groups in total. The number of ether oxygens (including phenoxy) is 1. The Hall–Kier alpha value is -3.12. The van der Waals surface area contributed by atoms with Gasteiger partial charge in [0, 0.05) is 18.1 Å². The van der Waals surface area contributed by atoms with Gasteiger partial charge in [-0.25, -0.2) is 17.6 Å². The van der Waals surface area contributed by atoms with E-state index >= 15 is 0 Å². The Morgan fingerprint density at radius 1 is 1.10 bits per heavy atom. The van der Waals surface area contributed by atoms with Crippen LogP contribution in [0, 0.1) is 5.41 Å². The second kappa shape index (κ2) is 10.6. The van der Waals surface area contributed by atoms with Gasteiger partial charge in [-0.1, -0.05) is 13.0 Å². The van der Waals surface area contributed by atoms with Gasteiger partial charge < -0.3 is 9.84 Å². The van der Waals surface area contributed by atoms with E-state index in [1.54, 1.807) is 25.1 Å². The largest absolute Gasteiger partial charge is 0.430 e. The van der Waals surface area contributed by atoms with Crippen molar-refractivity contribution in [2.24, 2.45) is 5.41 Å². The Balaban J connectivity index is 1.80. The molecule has 1 aliphatic heterocycles. The molecule has 2 atom stereocenters. The number of fused-ring (bicyclic) bond motifs is 1. The molecule has 1 fully saturated rings. The number of Topliss-reactive ketones (excluding diaryl/α,β-unsaturated/α-hetero) is 1. The quantitative estimate of drug-likeness (QED) is 0.339. The predicted octanol–water partition coefficient (Wildman–Crippen LogP) is 5.24. The van der Waals surface area contributed by atoms with Gasteiger partial charge in [0.05, 0.1) is 39.9 Å². The fourth-order valence-corrected chi connectivity index (χ4v) is 6.77. The molecule has 12 heteroatoms. The van der Waals surface area contributed by atoms with Crippen LogP contribution in [0.3, 0.4) is 0 Å². The minimum Gasteiger partial charge on any atom is -0.430 e. The molecule has 1 unspecified atom stereocenters. The fourth-order valence-electron chi connectivity index (χ4n) is 4.95. The number of nitrogens with zero attached hydrogens (tertiary/aromatic N) is 2. The van der Waals surface area contributed by atoms with Gasteiger partial charge in [0.2, 0.25) is 6.17 Å². The van der Waals surface area contributed by atoms with Crippen LogP contribution in [0.1, 0.15) is 70.3 Å². The highest BCUT2D eigenvalue weighted by Gasteiger charge is 2.40. The molecule has 0 amide bonds. The Morgan fingerprint density at radius 2 is 1.73 bits per heavy atom. The normalized spacial score (nSPS) is 18.7. The van der Waals surface area contributed by atoms with Crippen molar-refractivity contribution in [3.05, 3.63) is 58.5 Å². The molecule has 0 radical (unpaired) electrons. The lowest BCUT2D eigenvalue weighted by Crippen LogP contribution is -2.37. The van der Waals surface area contributed by atoms with E-state index < -0.39 is 44.9 Å². The van der Waals surface area contributed by atoms with E-state index in [4.69, 9.17) is 0 Å². The van der Waals surface area contributed by atoms with Crippen molar-refractivity contribution in [3.8, 4) is 11.4 Å². The molecule has 0 bridgehead atoms. The molecular weight excluding hydrogens is 561 g/mol. The zero-order valence-corrected chi connectivity index (χ0v) is 24.5. The lowest BCUT2D eigenvalue weighted by molar-refractivity contribution is -0.215. The minimum atomic E-state index is -4.08. The van der Waals surface area contributed by atoms with Crippen LogP contribution in [-0.2, 0) is 9.84 Å². The van der Waals surface area contributed by atoms with Crippen LogP contribution in [0.25, 0.3) is 16.7 Å². The first-order valence-electron chi connectivity index (χ1n) is 13.4. The summed E-state index contributed by atoms with van der Waals surface area (Å²) in [5.41, 5.74) is -1.27. The van der Waals surface area contributed by atoms with E-state index in [2.05, 4.69) is 4.74 Å². The van der Waals surface area contributed by atoms with Crippen LogP contribution in [0.5, 0.6) is 5.75 Å². The molecule has 4 rings (SSSR count). The maximum atomic E-state index is 13.9. The standard InChI is InChI=1S/C29H35F3N2O6S/c1-18(30)29(31,32)40-22-8-6-7-21(16-22)34-23-10-9-20(15-24(23)33(26(34)36)19(2)27(3,4)37)25(35)17-28(5)11-13-41(38,39)14-12-28/h6-10,15-16,18-19,37H,11-14,17H2,1-5H3/t18?,19-/m1/s1. The molecule has 1 aromatic heterocycles. The number of aromatic nitrogens is 2. The van der Waals surface area contributed by atoms with E-state index in [-0.39, 0.29) is 35.1 Å². The third-order valence-electron chi connectivity index (χ3n) is 8.02. The number of aliphatic hydroxyl groups is 1. The van der Waals surface area contributed by atoms with Crippen LogP contribution in [0.2, 0.25) is 0 Å².